The van der Waals surface area contributed by atoms with E-state index >= 15 is 0 Å². The van der Waals surface area contributed by atoms with Crippen LogP contribution < -0.4 is 4.72 Å². The molecular formula is C12H15NO6S. The van der Waals surface area contributed by atoms with Crippen molar-refractivity contribution < 1.29 is 27.5 Å². The van der Waals surface area contributed by atoms with Crippen LogP contribution in [-0.4, -0.2) is 40.3 Å². The number of anilines is 1. The number of para-hydroxylation sites is 1. The third kappa shape index (κ3) is 4.54. The van der Waals surface area contributed by atoms with Gasteiger partial charge in [-0.1, -0.05) is 12.1 Å². The minimum absolute atomic E-state index is 0.0941. The van der Waals surface area contributed by atoms with Gasteiger partial charge in [-0.15, -0.1) is 0 Å². The Bertz CT molecular complexity index is 596. The number of ether oxygens (including phenoxy) is 2. The Hall–Kier alpha value is -2.09. The normalized spacial score (nSPS) is 10.7. The number of sulfonamides is 1. The first-order valence-corrected chi connectivity index (χ1v) is 7.29. The molecule has 0 amide bonds. The van der Waals surface area contributed by atoms with Gasteiger partial charge in [0.05, 0.1) is 37.6 Å². The van der Waals surface area contributed by atoms with Gasteiger partial charge < -0.3 is 9.47 Å². The average molecular weight is 301 g/mol. The van der Waals surface area contributed by atoms with Gasteiger partial charge in [0.25, 0.3) is 0 Å². The van der Waals surface area contributed by atoms with Crippen LogP contribution in [0.1, 0.15) is 16.8 Å². The minimum atomic E-state index is -3.76. The highest BCUT2D eigenvalue weighted by molar-refractivity contribution is 7.92. The molecule has 0 aliphatic rings. The first kappa shape index (κ1) is 16.0. The molecule has 0 atom stereocenters. The van der Waals surface area contributed by atoms with E-state index in [0.717, 1.165) is 0 Å². The fourth-order valence-electron chi connectivity index (χ4n) is 1.40. The lowest BCUT2D eigenvalue weighted by Gasteiger charge is -2.10. The smallest absolute Gasteiger partial charge is 0.339 e. The highest BCUT2D eigenvalue weighted by Gasteiger charge is 2.18. The summed E-state index contributed by atoms with van der Waals surface area (Å²) in [5, 5.41) is 0. The Morgan fingerprint density at radius 2 is 1.80 bits per heavy atom. The first-order chi connectivity index (χ1) is 9.39. The summed E-state index contributed by atoms with van der Waals surface area (Å²) >= 11 is 0. The van der Waals surface area contributed by atoms with Crippen LogP contribution in [0.2, 0.25) is 0 Å². The Labute approximate surface area is 116 Å². The molecule has 8 heteroatoms. The van der Waals surface area contributed by atoms with Crippen molar-refractivity contribution in [1.29, 1.82) is 0 Å². The summed E-state index contributed by atoms with van der Waals surface area (Å²) in [5.41, 5.74) is 0.195. The molecule has 7 nitrogen and oxygen atoms in total. The molecule has 0 bridgehead atoms. The number of methoxy groups -OCH3 is 2. The minimum Gasteiger partial charge on any atom is -0.469 e. The van der Waals surface area contributed by atoms with Gasteiger partial charge in [0, 0.05) is 0 Å². The average Bonchev–Trinajstić information content (AvgIpc) is 2.44. The summed E-state index contributed by atoms with van der Waals surface area (Å²) in [5.74, 6) is -1.72. The van der Waals surface area contributed by atoms with Crippen molar-refractivity contribution in [3.05, 3.63) is 29.8 Å². The standard InChI is InChI=1S/C12H15NO6S/c1-18-11(14)7-8-20(16,17)13-10-6-4-3-5-9(10)12(15)19-2/h3-6,13H,7-8H2,1-2H3. The molecule has 0 saturated heterocycles. The molecule has 0 aliphatic carbocycles. The number of esters is 2. The molecule has 0 heterocycles. The molecule has 0 saturated carbocycles. The van der Waals surface area contributed by atoms with Crippen molar-refractivity contribution >= 4 is 27.6 Å². The fourth-order valence-corrected chi connectivity index (χ4v) is 2.45. The number of nitrogens with one attached hydrogen (secondary N) is 1. The molecule has 0 unspecified atom stereocenters. The quantitative estimate of drug-likeness (QED) is 0.779. The SMILES string of the molecule is COC(=O)CCS(=O)(=O)Nc1ccccc1C(=O)OC. The van der Waals surface area contributed by atoms with Crippen molar-refractivity contribution in [3.63, 3.8) is 0 Å². The molecule has 1 N–H and O–H groups in total. The predicted molar refractivity (Wildman–Crippen MR) is 71.8 cm³/mol. The highest BCUT2D eigenvalue weighted by atomic mass is 32.2. The Kier molecular flexibility index (Phi) is 5.51. The van der Waals surface area contributed by atoms with Crippen LogP contribution in [0.3, 0.4) is 0 Å². The maximum absolute atomic E-state index is 11.8. The number of hydrogen-bond acceptors (Lipinski definition) is 6. The molecule has 110 valence electrons. The van der Waals surface area contributed by atoms with E-state index in [0.29, 0.717) is 0 Å². The van der Waals surface area contributed by atoms with Crippen molar-refractivity contribution in [2.24, 2.45) is 0 Å². The summed E-state index contributed by atoms with van der Waals surface area (Å²) in [7, 11) is -1.39. The second kappa shape index (κ2) is 6.90. The molecule has 1 rings (SSSR count). The molecule has 20 heavy (non-hydrogen) atoms. The van der Waals surface area contributed by atoms with Crippen molar-refractivity contribution in [2.75, 3.05) is 24.7 Å². The van der Waals surface area contributed by atoms with Crippen LogP contribution in [-0.2, 0) is 24.3 Å². The van der Waals surface area contributed by atoms with Crippen molar-refractivity contribution in [1.82, 2.24) is 0 Å². The molecule has 0 aromatic heterocycles. The highest BCUT2D eigenvalue weighted by Crippen LogP contribution is 2.17. The fraction of sp³-hybridized carbons (Fsp3) is 0.333. The number of rotatable bonds is 6. The lowest BCUT2D eigenvalue weighted by molar-refractivity contribution is -0.140. The third-order valence-corrected chi connectivity index (χ3v) is 3.67. The van der Waals surface area contributed by atoms with Crippen molar-refractivity contribution in [3.8, 4) is 0 Å². The van der Waals surface area contributed by atoms with Gasteiger partial charge in [-0.3, -0.25) is 9.52 Å². The molecule has 0 fully saturated rings. The van der Waals surface area contributed by atoms with Gasteiger partial charge in [0.1, 0.15) is 0 Å². The molecule has 1 aromatic rings. The maximum atomic E-state index is 11.8. The van der Waals surface area contributed by atoms with Gasteiger partial charge in [0.2, 0.25) is 10.0 Å². The van der Waals surface area contributed by atoms with E-state index in [1.165, 1.54) is 26.4 Å². The zero-order valence-electron chi connectivity index (χ0n) is 11.1. The summed E-state index contributed by atoms with van der Waals surface area (Å²) in [6, 6.07) is 6.02. The van der Waals surface area contributed by atoms with Gasteiger partial charge in [-0.25, -0.2) is 13.2 Å². The number of carbonyl (C=O) groups is 2. The number of hydrogen-bond donors (Lipinski definition) is 1. The van der Waals surface area contributed by atoms with E-state index in [2.05, 4.69) is 14.2 Å². The zero-order chi connectivity index (χ0) is 15.2. The topological polar surface area (TPSA) is 98.8 Å². The van der Waals surface area contributed by atoms with E-state index in [9.17, 15) is 18.0 Å². The van der Waals surface area contributed by atoms with Crippen LogP contribution in [0.25, 0.3) is 0 Å². The Morgan fingerprint density at radius 1 is 1.15 bits per heavy atom. The van der Waals surface area contributed by atoms with E-state index in [-0.39, 0.29) is 17.7 Å². The maximum Gasteiger partial charge on any atom is 0.339 e. The summed E-state index contributed by atoms with van der Waals surface area (Å²) in [6.07, 6.45) is -0.272. The van der Waals surface area contributed by atoms with Crippen LogP contribution in [0, 0.1) is 0 Å². The zero-order valence-corrected chi connectivity index (χ0v) is 11.9. The lowest BCUT2D eigenvalue weighted by Crippen LogP contribution is -2.21. The van der Waals surface area contributed by atoms with Crippen LogP contribution in [0.15, 0.2) is 24.3 Å². The van der Waals surface area contributed by atoms with Crippen molar-refractivity contribution in [2.45, 2.75) is 6.42 Å². The number of carbonyl (C=O) groups excluding carboxylic acids is 2. The number of benzene rings is 1. The molecule has 0 radical (unpaired) electrons. The van der Waals surface area contributed by atoms with E-state index in [1.54, 1.807) is 12.1 Å². The second-order valence-electron chi connectivity index (χ2n) is 3.78. The Morgan fingerprint density at radius 3 is 2.40 bits per heavy atom. The van der Waals surface area contributed by atoms with E-state index in [1.807, 2.05) is 0 Å². The molecule has 1 aromatic carbocycles. The Balaban J connectivity index is 2.87. The third-order valence-electron chi connectivity index (χ3n) is 2.40. The van der Waals surface area contributed by atoms with E-state index in [4.69, 9.17) is 0 Å². The van der Waals surface area contributed by atoms with Gasteiger partial charge >= 0.3 is 11.9 Å². The van der Waals surface area contributed by atoms with Crippen LogP contribution >= 0.6 is 0 Å². The lowest BCUT2D eigenvalue weighted by atomic mass is 10.2. The van der Waals surface area contributed by atoms with Crippen LogP contribution in [0.4, 0.5) is 5.69 Å². The molecule has 0 spiro atoms. The summed E-state index contributed by atoms with van der Waals surface area (Å²) in [6.45, 7) is 0. The van der Waals surface area contributed by atoms with Crippen LogP contribution in [0.5, 0.6) is 0 Å². The largest absolute Gasteiger partial charge is 0.469 e. The molecule has 0 aliphatic heterocycles. The molecular weight excluding hydrogens is 286 g/mol. The summed E-state index contributed by atoms with van der Waals surface area (Å²) in [4.78, 5) is 22.4. The van der Waals surface area contributed by atoms with Gasteiger partial charge in [0.15, 0.2) is 0 Å². The predicted octanol–water partition coefficient (Wildman–Crippen LogP) is 0.778. The monoisotopic (exact) mass is 301 g/mol. The second-order valence-corrected chi connectivity index (χ2v) is 5.63. The van der Waals surface area contributed by atoms with E-state index < -0.39 is 27.7 Å². The van der Waals surface area contributed by atoms with Gasteiger partial charge in [-0.2, -0.15) is 0 Å². The first-order valence-electron chi connectivity index (χ1n) is 5.64. The van der Waals surface area contributed by atoms with Gasteiger partial charge in [-0.05, 0) is 12.1 Å². The summed E-state index contributed by atoms with van der Waals surface area (Å²) < 4.78 is 34.8.